The third-order valence-electron chi connectivity index (χ3n) is 3.81. The molecule has 1 aromatic carbocycles. The molecule has 1 amide bonds. The van der Waals surface area contributed by atoms with Gasteiger partial charge in [0, 0.05) is 27.1 Å². The minimum Gasteiger partial charge on any atom is -0.469 e. The van der Waals surface area contributed by atoms with Crippen molar-refractivity contribution in [3.63, 3.8) is 0 Å². The largest absolute Gasteiger partial charge is 0.469 e. The molecule has 0 spiro atoms. The lowest BCUT2D eigenvalue weighted by atomic mass is 10.1. The number of halogens is 1. The summed E-state index contributed by atoms with van der Waals surface area (Å²) < 4.78 is 19.0. The van der Waals surface area contributed by atoms with Gasteiger partial charge in [0.1, 0.15) is 11.6 Å². The number of hydrogen-bond donors (Lipinski definition) is 2. The predicted molar refractivity (Wildman–Crippen MR) is 99.4 cm³/mol. The molecule has 0 aliphatic rings. The molecule has 0 saturated heterocycles. The Hall–Kier alpha value is -2.83. The van der Waals surface area contributed by atoms with Gasteiger partial charge in [-0.25, -0.2) is 9.38 Å². The van der Waals surface area contributed by atoms with E-state index in [4.69, 9.17) is 4.42 Å². The second-order valence-electron chi connectivity index (χ2n) is 6.15. The molecule has 140 valence electrons. The average molecular weight is 360 g/mol. The first-order valence-electron chi connectivity index (χ1n) is 8.45. The van der Waals surface area contributed by atoms with Gasteiger partial charge in [-0.2, -0.15) is 0 Å². The summed E-state index contributed by atoms with van der Waals surface area (Å²) in [5.41, 5.74) is 1.36. The first-order chi connectivity index (χ1) is 12.5. The number of nitrogens with one attached hydrogen (secondary N) is 2. The van der Waals surface area contributed by atoms with Crippen molar-refractivity contribution >= 4 is 11.9 Å². The maximum Gasteiger partial charge on any atom is 0.241 e. The zero-order chi connectivity index (χ0) is 18.9. The molecule has 0 radical (unpaired) electrons. The Labute approximate surface area is 153 Å². The SMILES string of the molecule is Cc1ccc(CN=C(NCCc2ccco2)NCC(=O)N(C)C)cc1F. The number of carbonyl (C=O) groups excluding carboxylic acids is 1. The molecule has 0 aliphatic carbocycles. The molecule has 0 aliphatic heterocycles. The number of likely N-dealkylation sites (N-methyl/N-ethyl adjacent to an activating group) is 1. The van der Waals surface area contributed by atoms with E-state index in [1.165, 1.54) is 11.0 Å². The molecular formula is C19H25FN4O2. The molecule has 0 unspecified atom stereocenters. The molecule has 1 aromatic heterocycles. The Morgan fingerprint density at radius 2 is 2.08 bits per heavy atom. The molecule has 0 saturated carbocycles. The van der Waals surface area contributed by atoms with Gasteiger partial charge in [0.2, 0.25) is 5.91 Å². The molecule has 7 heteroatoms. The van der Waals surface area contributed by atoms with Gasteiger partial charge in [-0.15, -0.1) is 0 Å². The topological polar surface area (TPSA) is 69.9 Å². The molecule has 1 heterocycles. The highest BCUT2D eigenvalue weighted by atomic mass is 19.1. The van der Waals surface area contributed by atoms with Crippen molar-refractivity contribution < 1.29 is 13.6 Å². The van der Waals surface area contributed by atoms with Crippen molar-refractivity contribution in [2.45, 2.75) is 19.9 Å². The highest BCUT2D eigenvalue weighted by Gasteiger charge is 2.07. The van der Waals surface area contributed by atoms with E-state index in [9.17, 15) is 9.18 Å². The normalized spacial score (nSPS) is 11.3. The minimum atomic E-state index is -0.249. The summed E-state index contributed by atoms with van der Waals surface area (Å²) in [6, 6.07) is 8.78. The molecule has 0 bridgehead atoms. The Morgan fingerprint density at radius 1 is 1.27 bits per heavy atom. The lowest BCUT2D eigenvalue weighted by molar-refractivity contribution is -0.127. The van der Waals surface area contributed by atoms with Crippen molar-refractivity contribution in [1.29, 1.82) is 0 Å². The Balaban J connectivity index is 1.97. The predicted octanol–water partition coefficient (Wildman–Crippen LogP) is 2.09. The molecule has 0 fully saturated rings. The molecule has 2 N–H and O–H groups in total. The number of guanidine groups is 1. The monoisotopic (exact) mass is 360 g/mol. The van der Waals surface area contributed by atoms with E-state index in [0.717, 1.165) is 11.3 Å². The number of hydrogen-bond acceptors (Lipinski definition) is 3. The first kappa shape index (κ1) is 19.5. The Morgan fingerprint density at radius 3 is 2.73 bits per heavy atom. The molecule has 2 rings (SSSR count). The lowest BCUT2D eigenvalue weighted by Gasteiger charge is -2.15. The van der Waals surface area contributed by atoms with Crippen LogP contribution in [0.2, 0.25) is 0 Å². The summed E-state index contributed by atoms with van der Waals surface area (Å²) in [5, 5.41) is 6.16. The fraction of sp³-hybridized carbons (Fsp3) is 0.368. The zero-order valence-corrected chi connectivity index (χ0v) is 15.4. The van der Waals surface area contributed by atoms with Crippen LogP contribution in [0.15, 0.2) is 46.0 Å². The first-order valence-corrected chi connectivity index (χ1v) is 8.45. The van der Waals surface area contributed by atoms with Gasteiger partial charge in [0.25, 0.3) is 0 Å². The van der Waals surface area contributed by atoms with Crippen LogP contribution in [0.5, 0.6) is 0 Å². The number of amides is 1. The maximum absolute atomic E-state index is 13.7. The van der Waals surface area contributed by atoms with Crippen molar-refractivity contribution in [3.05, 3.63) is 59.3 Å². The van der Waals surface area contributed by atoms with Crippen LogP contribution in [0.4, 0.5) is 4.39 Å². The van der Waals surface area contributed by atoms with E-state index in [1.807, 2.05) is 18.2 Å². The Bertz CT molecular complexity index is 742. The maximum atomic E-state index is 13.7. The highest BCUT2D eigenvalue weighted by molar-refractivity contribution is 5.86. The van der Waals surface area contributed by atoms with Crippen molar-refractivity contribution in [3.8, 4) is 0 Å². The quantitative estimate of drug-likeness (QED) is 0.586. The van der Waals surface area contributed by atoms with Gasteiger partial charge in [0.05, 0.1) is 19.4 Å². The van der Waals surface area contributed by atoms with Crippen LogP contribution in [-0.2, 0) is 17.8 Å². The summed E-state index contributed by atoms with van der Waals surface area (Å²) in [5.74, 6) is 1.04. The smallest absolute Gasteiger partial charge is 0.241 e. The van der Waals surface area contributed by atoms with Crippen molar-refractivity contribution in [2.75, 3.05) is 27.2 Å². The van der Waals surface area contributed by atoms with E-state index in [0.29, 0.717) is 31.0 Å². The van der Waals surface area contributed by atoms with Crippen LogP contribution in [0.1, 0.15) is 16.9 Å². The molecule has 2 aromatic rings. The van der Waals surface area contributed by atoms with Gasteiger partial charge in [-0.3, -0.25) is 4.79 Å². The number of carbonyl (C=O) groups is 1. The fourth-order valence-corrected chi connectivity index (χ4v) is 2.16. The van der Waals surface area contributed by atoms with E-state index in [2.05, 4.69) is 15.6 Å². The van der Waals surface area contributed by atoms with E-state index < -0.39 is 0 Å². The van der Waals surface area contributed by atoms with Gasteiger partial charge >= 0.3 is 0 Å². The standard InChI is InChI=1S/C19H25FN4O2/c1-14-6-7-15(11-17(14)20)12-22-19(23-13-18(25)24(2)3)21-9-8-16-5-4-10-26-16/h4-7,10-11H,8-9,12-13H2,1-3H3,(H2,21,22,23). The van der Waals surface area contributed by atoms with Crippen LogP contribution in [-0.4, -0.2) is 44.0 Å². The van der Waals surface area contributed by atoms with E-state index in [-0.39, 0.29) is 18.3 Å². The van der Waals surface area contributed by atoms with Gasteiger partial charge in [-0.05, 0) is 36.2 Å². The highest BCUT2D eigenvalue weighted by Crippen LogP contribution is 2.10. The number of aryl methyl sites for hydroxylation is 1. The van der Waals surface area contributed by atoms with Gasteiger partial charge < -0.3 is 20.0 Å². The Kier molecular flexibility index (Phi) is 7.20. The van der Waals surface area contributed by atoms with E-state index >= 15 is 0 Å². The fourth-order valence-electron chi connectivity index (χ4n) is 2.16. The number of aliphatic imine (C=N–C) groups is 1. The van der Waals surface area contributed by atoms with Crippen molar-refractivity contribution in [2.24, 2.45) is 4.99 Å². The van der Waals surface area contributed by atoms with Crippen LogP contribution >= 0.6 is 0 Å². The summed E-state index contributed by atoms with van der Waals surface area (Å²) in [6.07, 6.45) is 2.32. The zero-order valence-electron chi connectivity index (χ0n) is 15.4. The van der Waals surface area contributed by atoms with Gasteiger partial charge in [0.15, 0.2) is 5.96 Å². The second-order valence-corrected chi connectivity index (χ2v) is 6.15. The summed E-state index contributed by atoms with van der Waals surface area (Å²) >= 11 is 0. The van der Waals surface area contributed by atoms with E-state index in [1.54, 1.807) is 33.3 Å². The van der Waals surface area contributed by atoms with Crippen LogP contribution in [0, 0.1) is 12.7 Å². The third kappa shape index (κ3) is 6.23. The number of benzene rings is 1. The lowest BCUT2D eigenvalue weighted by Crippen LogP contribution is -2.43. The van der Waals surface area contributed by atoms with Crippen LogP contribution in [0.25, 0.3) is 0 Å². The summed E-state index contributed by atoms with van der Waals surface area (Å²) in [6.45, 7) is 2.75. The molecule has 0 atom stereocenters. The average Bonchev–Trinajstić information content (AvgIpc) is 3.12. The van der Waals surface area contributed by atoms with Crippen LogP contribution < -0.4 is 10.6 Å². The summed E-state index contributed by atoms with van der Waals surface area (Å²) in [4.78, 5) is 17.7. The number of nitrogens with zero attached hydrogens (tertiary/aromatic N) is 2. The summed E-state index contributed by atoms with van der Waals surface area (Å²) in [7, 11) is 3.39. The molecule has 6 nitrogen and oxygen atoms in total. The minimum absolute atomic E-state index is 0.0630. The molecule has 26 heavy (non-hydrogen) atoms. The molecular weight excluding hydrogens is 335 g/mol. The van der Waals surface area contributed by atoms with Crippen molar-refractivity contribution in [1.82, 2.24) is 15.5 Å². The third-order valence-corrected chi connectivity index (χ3v) is 3.81. The number of furan rings is 1. The second kappa shape index (κ2) is 9.60. The van der Waals surface area contributed by atoms with Crippen LogP contribution in [0.3, 0.4) is 0 Å². The number of rotatable bonds is 7. The van der Waals surface area contributed by atoms with Gasteiger partial charge in [-0.1, -0.05) is 12.1 Å².